The van der Waals surface area contributed by atoms with Crippen LogP contribution >= 0.6 is 24.0 Å². The van der Waals surface area contributed by atoms with Gasteiger partial charge in [0.25, 0.3) is 0 Å². The Morgan fingerprint density at radius 2 is 2.50 bits per heavy atom. The molecule has 0 spiro atoms. The molecule has 5 heteroatoms. The fourth-order valence-electron chi connectivity index (χ4n) is 1.77. The van der Waals surface area contributed by atoms with Crippen LogP contribution in [0.1, 0.15) is 12.5 Å². The molecule has 0 radical (unpaired) electrons. The maximum atomic E-state index is 5.62. The summed E-state index contributed by atoms with van der Waals surface area (Å²) in [5.74, 6) is 2.14. The first-order chi connectivity index (χ1) is 7.66. The zero-order valence-corrected chi connectivity index (χ0v) is 10.9. The zero-order valence-electron chi connectivity index (χ0n) is 9.22. The van der Waals surface area contributed by atoms with Crippen LogP contribution in [0.25, 0.3) is 0 Å². The van der Waals surface area contributed by atoms with Gasteiger partial charge in [0.15, 0.2) is 0 Å². The molecule has 2 N–H and O–H groups in total. The van der Waals surface area contributed by atoms with Gasteiger partial charge in [-0.3, -0.25) is 0 Å². The topological polar surface area (TPSA) is 42.1 Å². The highest BCUT2D eigenvalue weighted by Gasteiger charge is 2.18. The van der Waals surface area contributed by atoms with Gasteiger partial charge in [0.2, 0.25) is 0 Å². The third-order valence-electron chi connectivity index (χ3n) is 2.60. The fraction of sp³-hybridized carbons (Fsp3) is 0.455. The Morgan fingerprint density at radius 3 is 3.19 bits per heavy atom. The van der Waals surface area contributed by atoms with Crippen molar-refractivity contribution < 1.29 is 0 Å². The number of rotatable bonds is 2. The summed E-state index contributed by atoms with van der Waals surface area (Å²) in [6.07, 6.45) is 1.77. The Kier molecular flexibility index (Phi) is 3.66. The molecule has 0 saturated carbocycles. The van der Waals surface area contributed by atoms with Gasteiger partial charge in [-0.1, -0.05) is 19.1 Å². The SMILES string of the molecule is CC1CN(c2cc(C(N)=S)ccn2)CCS1. The Bertz CT molecular complexity index is 395. The minimum atomic E-state index is 0.433. The van der Waals surface area contributed by atoms with Gasteiger partial charge >= 0.3 is 0 Å². The Morgan fingerprint density at radius 1 is 1.69 bits per heavy atom. The highest BCUT2D eigenvalue weighted by Crippen LogP contribution is 2.22. The summed E-state index contributed by atoms with van der Waals surface area (Å²) in [6.45, 7) is 4.33. The van der Waals surface area contributed by atoms with Crippen molar-refractivity contribution in [3.8, 4) is 0 Å². The Labute approximate surface area is 105 Å². The van der Waals surface area contributed by atoms with Crippen molar-refractivity contribution in [3.63, 3.8) is 0 Å². The number of thiocarbonyl (C=S) groups is 1. The van der Waals surface area contributed by atoms with Crippen LogP contribution in [0.2, 0.25) is 0 Å². The van der Waals surface area contributed by atoms with Crippen molar-refractivity contribution in [3.05, 3.63) is 23.9 Å². The molecule has 1 atom stereocenters. The van der Waals surface area contributed by atoms with Crippen molar-refractivity contribution in [2.24, 2.45) is 5.73 Å². The second-order valence-electron chi connectivity index (χ2n) is 3.89. The third-order valence-corrected chi connectivity index (χ3v) is 3.97. The van der Waals surface area contributed by atoms with Crippen LogP contribution in [0.4, 0.5) is 5.82 Å². The molecule has 1 fully saturated rings. The maximum Gasteiger partial charge on any atom is 0.129 e. The fourth-order valence-corrected chi connectivity index (χ4v) is 2.91. The van der Waals surface area contributed by atoms with Crippen LogP contribution in [-0.2, 0) is 0 Å². The lowest BCUT2D eigenvalue weighted by molar-refractivity contribution is 0.770. The lowest BCUT2D eigenvalue weighted by atomic mass is 10.2. The average molecular weight is 253 g/mol. The molecule has 1 aromatic heterocycles. The van der Waals surface area contributed by atoms with E-state index in [1.165, 1.54) is 0 Å². The minimum absolute atomic E-state index is 0.433. The highest BCUT2D eigenvalue weighted by atomic mass is 32.2. The van der Waals surface area contributed by atoms with Crippen LogP contribution in [0.15, 0.2) is 18.3 Å². The second kappa shape index (κ2) is 5.01. The summed E-state index contributed by atoms with van der Waals surface area (Å²) >= 11 is 6.98. The summed E-state index contributed by atoms with van der Waals surface area (Å²) in [7, 11) is 0. The summed E-state index contributed by atoms with van der Waals surface area (Å²) in [6, 6.07) is 3.83. The number of nitrogens with two attached hydrogens (primary N) is 1. The summed E-state index contributed by atoms with van der Waals surface area (Å²) in [4.78, 5) is 7.11. The van der Waals surface area contributed by atoms with E-state index in [0.717, 1.165) is 30.2 Å². The largest absolute Gasteiger partial charge is 0.389 e. The molecular formula is C11H15N3S2. The van der Waals surface area contributed by atoms with E-state index in [9.17, 15) is 0 Å². The number of hydrogen-bond donors (Lipinski definition) is 1. The molecule has 1 saturated heterocycles. The monoisotopic (exact) mass is 253 g/mol. The maximum absolute atomic E-state index is 5.62. The molecule has 2 rings (SSSR count). The molecule has 0 amide bonds. The molecule has 0 bridgehead atoms. The average Bonchev–Trinajstić information content (AvgIpc) is 2.29. The molecule has 1 unspecified atom stereocenters. The van der Waals surface area contributed by atoms with E-state index < -0.39 is 0 Å². The van der Waals surface area contributed by atoms with Crippen LogP contribution < -0.4 is 10.6 Å². The molecule has 0 aromatic carbocycles. The van der Waals surface area contributed by atoms with Gasteiger partial charge in [-0.05, 0) is 12.1 Å². The predicted molar refractivity (Wildman–Crippen MR) is 74.3 cm³/mol. The van der Waals surface area contributed by atoms with Crippen molar-refractivity contribution in [2.45, 2.75) is 12.2 Å². The van der Waals surface area contributed by atoms with Crippen LogP contribution in [0.5, 0.6) is 0 Å². The lowest BCUT2D eigenvalue weighted by Gasteiger charge is -2.31. The third kappa shape index (κ3) is 2.65. The normalized spacial score (nSPS) is 20.8. The van der Waals surface area contributed by atoms with Gasteiger partial charge in [-0.25, -0.2) is 4.98 Å². The first kappa shape index (κ1) is 11.7. The molecule has 1 aromatic rings. The number of hydrogen-bond acceptors (Lipinski definition) is 4. The van der Waals surface area contributed by atoms with Crippen LogP contribution in [-0.4, -0.2) is 34.1 Å². The zero-order chi connectivity index (χ0) is 11.5. The van der Waals surface area contributed by atoms with Crippen molar-refractivity contribution >= 4 is 34.8 Å². The molecule has 1 aliphatic rings. The van der Waals surface area contributed by atoms with Gasteiger partial charge in [0, 0.05) is 35.9 Å². The first-order valence-electron chi connectivity index (χ1n) is 5.29. The Balaban J connectivity index is 2.19. The number of anilines is 1. The minimum Gasteiger partial charge on any atom is -0.389 e. The van der Waals surface area contributed by atoms with E-state index in [1.807, 2.05) is 23.9 Å². The van der Waals surface area contributed by atoms with Gasteiger partial charge in [-0.15, -0.1) is 0 Å². The summed E-state index contributed by atoms with van der Waals surface area (Å²) < 4.78 is 0. The molecule has 16 heavy (non-hydrogen) atoms. The van der Waals surface area contributed by atoms with E-state index in [-0.39, 0.29) is 0 Å². The molecule has 86 valence electrons. The molecule has 0 aliphatic carbocycles. The Hall–Kier alpha value is -0.810. The number of thioether (sulfide) groups is 1. The molecular weight excluding hydrogens is 238 g/mol. The molecule has 2 heterocycles. The van der Waals surface area contributed by atoms with Crippen molar-refractivity contribution in [1.82, 2.24) is 4.98 Å². The van der Waals surface area contributed by atoms with Gasteiger partial charge in [0.05, 0.1) is 0 Å². The van der Waals surface area contributed by atoms with Gasteiger partial charge in [0.1, 0.15) is 10.8 Å². The number of nitrogens with zero attached hydrogens (tertiary/aromatic N) is 2. The predicted octanol–water partition coefficient (Wildman–Crippen LogP) is 1.66. The van der Waals surface area contributed by atoms with Gasteiger partial charge < -0.3 is 10.6 Å². The van der Waals surface area contributed by atoms with Gasteiger partial charge in [-0.2, -0.15) is 11.8 Å². The van der Waals surface area contributed by atoms with Crippen molar-refractivity contribution in [1.29, 1.82) is 0 Å². The van der Waals surface area contributed by atoms with Crippen molar-refractivity contribution in [2.75, 3.05) is 23.7 Å². The number of aromatic nitrogens is 1. The van der Waals surface area contributed by atoms with Crippen LogP contribution in [0.3, 0.4) is 0 Å². The smallest absolute Gasteiger partial charge is 0.129 e. The highest BCUT2D eigenvalue weighted by molar-refractivity contribution is 8.00. The molecule has 3 nitrogen and oxygen atoms in total. The quantitative estimate of drug-likeness (QED) is 0.812. The first-order valence-corrected chi connectivity index (χ1v) is 6.75. The molecule has 1 aliphatic heterocycles. The van der Waals surface area contributed by atoms with E-state index in [1.54, 1.807) is 6.20 Å². The second-order valence-corrected chi connectivity index (χ2v) is 5.88. The van der Waals surface area contributed by atoms with E-state index >= 15 is 0 Å². The van der Waals surface area contributed by atoms with E-state index in [2.05, 4.69) is 16.8 Å². The van der Waals surface area contributed by atoms with Crippen LogP contribution in [0, 0.1) is 0 Å². The summed E-state index contributed by atoms with van der Waals surface area (Å²) in [5.41, 5.74) is 6.51. The van der Waals surface area contributed by atoms with E-state index in [4.69, 9.17) is 18.0 Å². The lowest BCUT2D eigenvalue weighted by Crippen LogP contribution is -2.37. The standard InChI is InChI=1S/C11H15N3S2/c1-8-7-14(4-5-16-8)10-6-9(11(12)15)2-3-13-10/h2-3,6,8H,4-5,7H2,1H3,(H2,12,15). The van der Waals surface area contributed by atoms with E-state index in [0.29, 0.717) is 10.2 Å². The number of pyridine rings is 1. The summed E-state index contributed by atoms with van der Waals surface area (Å²) in [5, 5.41) is 0.657.